The standard InChI is InChI=1S/C26H24N2O4.2C2H6.CH4/c1-15-9-16-5-3-4-6-21(16)19(10-15)14-32-20-8-7-17-11-18(23(29)22(17)12-20)13-26(2)24(30)27-25(31)28-26;2*1-2;/h3-10,12,18H,11,13-14H2,1-2H3,(H2,27,28,30,31);2*1-2H3;1H4. The van der Waals surface area contributed by atoms with Crippen molar-refractivity contribution < 1.29 is 19.1 Å². The van der Waals surface area contributed by atoms with Gasteiger partial charge in [-0.15, -0.1) is 0 Å². The summed E-state index contributed by atoms with van der Waals surface area (Å²) >= 11 is 0. The lowest BCUT2D eigenvalue weighted by Gasteiger charge is -2.23. The third-order valence-electron chi connectivity index (χ3n) is 6.44. The van der Waals surface area contributed by atoms with Crippen LogP contribution in [0.2, 0.25) is 0 Å². The summed E-state index contributed by atoms with van der Waals surface area (Å²) in [5.74, 6) is -0.112. The maximum atomic E-state index is 13.1. The van der Waals surface area contributed by atoms with E-state index in [2.05, 4.69) is 41.8 Å². The van der Waals surface area contributed by atoms with Crippen molar-refractivity contribution in [2.24, 2.45) is 5.92 Å². The second-order valence-corrected chi connectivity index (χ2v) is 8.96. The summed E-state index contributed by atoms with van der Waals surface area (Å²) < 4.78 is 6.08. The number of ketones is 1. The zero-order valence-corrected chi connectivity index (χ0v) is 22.0. The molecule has 37 heavy (non-hydrogen) atoms. The van der Waals surface area contributed by atoms with Gasteiger partial charge in [0.15, 0.2) is 5.78 Å². The van der Waals surface area contributed by atoms with Crippen LogP contribution in [0.4, 0.5) is 4.79 Å². The van der Waals surface area contributed by atoms with Crippen LogP contribution in [0, 0.1) is 12.8 Å². The first kappa shape index (κ1) is 29.6. The van der Waals surface area contributed by atoms with E-state index in [-0.39, 0.29) is 31.5 Å². The number of amides is 3. The Bertz CT molecular complexity index is 1280. The van der Waals surface area contributed by atoms with E-state index in [1.807, 2.05) is 52.0 Å². The molecule has 1 aliphatic heterocycles. The number of nitrogens with one attached hydrogen (secondary N) is 2. The van der Waals surface area contributed by atoms with Crippen molar-refractivity contribution in [3.8, 4) is 5.75 Å². The molecule has 6 heteroatoms. The molecule has 2 N–H and O–H groups in total. The number of hydrogen-bond donors (Lipinski definition) is 2. The lowest BCUT2D eigenvalue weighted by Crippen LogP contribution is -2.46. The van der Waals surface area contributed by atoms with E-state index in [0.717, 1.165) is 16.5 Å². The van der Waals surface area contributed by atoms with Crippen LogP contribution in [0.1, 0.15) is 75.5 Å². The number of benzene rings is 3. The molecule has 0 radical (unpaired) electrons. The Balaban J connectivity index is 0.000000919. The second-order valence-electron chi connectivity index (χ2n) is 8.96. The minimum atomic E-state index is -1.06. The minimum Gasteiger partial charge on any atom is -0.489 e. The van der Waals surface area contributed by atoms with E-state index >= 15 is 0 Å². The molecule has 0 aromatic heterocycles. The van der Waals surface area contributed by atoms with Gasteiger partial charge in [-0.2, -0.15) is 0 Å². The Morgan fingerprint density at radius 1 is 0.973 bits per heavy atom. The number of fused-ring (bicyclic) bond motifs is 2. The number of Topliss-reactive ketones (excluding diaryl/α,β-unsaturated/α-hetero) is 1. The zero-order chi connectivity index (χ0) is 26.5. The van der Waals surface area contributed by atoms with Gasteiger partial charge in [0.05, 0.1) is 0 Å². The van der Waals surface area contributed by atoms with Gasteiger partial charge in [-0.1, -0.05) is 83.1 Å². The summed E-state index contributed by atoms with van der Waals surface area (Å²) in [5, 5.41) is 7.23. The van der Waals surface area contributed by atoms with Crippen molar-refractivity contribution in [2.45, 2.75) is 74.0 Å². The van der Waals surface area contributed by atoms with Crippen LogP contribution in [0.5, 0.6) is 5.75 Å². The number of imide groups is 1. The molecule has 1 saturated heterocycles. The first-order valence-electron chi connectivity index (χ1n) is 12.7. The summed E-state index contributed by atoms with van der Waals surface area (Å²) in [6.07, 6.45) is 0.819. The van der Waals surface area contributed by atoms with Gasteiger partial charge in [-0.3, -0.25) is 14.9 Å². The summed E-state index contributed by atoms with van der Waals surface area (Å²) in [5.41, 5.74) is 2.79. The van der Waals surface area contributed by atoms with E-state index in [0.29, 0.717) is 24.3 Å². The molecular formula is C31H40N2O4. The minimum absolute atomic E-state index is 0. The fraction of sp³-hybridized carbons (Fsp3) is 0.387. The highest BCUT2D eigenvalue weighted by Gasteiger charge is 2.46. The quantitative estimate of drug-likeness (QED) is 0.376. The molecule has 3 amide bonds. The average Bonchev–Trinajstić information content (AvgIpc) is 3.32. The Morgan fingerprint density at radius 2 is 1.68 bits per heavy atom. The van der Waals surface area contributed by atoms with Crippen LogP contribution in [-0.2, 0) is 17.8 Å². The van der Waals surface area contributed by atoms with Crippen molar-refractivity contribution >= 4 is 28.5 Å². The molecule has 2 atom stereocenters. The number of rotatable bonds is 5. The molecule has 0 spiro atoms. The fourth-order valence-corrected chi connectivity index (χ4v) is 4.85. The second kappa shape index (κ2) is 12.5. The van der Waals surface area contributed by atoms with Crippen molar-refractivity contribution in [3.05, 3.63) is 76.9 Å². The molecular weight excluding hydrogens is 464 g/mol. The first-order chi connectivity index (χ1) is 17.3. The van der Waals surface area contributed by atoms with E-state index in [4.69, 9.17) is 4.74 Å². The van der Waals surface area contributed by atoms with Crippen LogP contribution in [0.3, 0.4) is 0 Å². The van der Waals surface area contributed by atoms with Crippen LogP contribution in [0.25, 0.3) is 10.8 Å². The van der Waals surface area contributed by atoms with E-state index in [9.17, 15) is 14.4 Å². The number of carbonyl (C=O) groups excluding carboxylic acids is 3. The maximum absolute atomic E-state index is 13.1. The highest BCUT2D eigenvalue weighted by Crippen LogP contribution is 2.35. The lowest BCUT2D eigenvalue weighted by molar-refractivity contribution is -0.123. The Morgan fingerprint density at radius 3 is 2.35 bits per heavy atom. The molecule has 2 aliphatic rings. The molecule has 2 unspecified atom stereocenters. The predicted octanol–water partition coefficient (Wildman–Crippen LogP) is 6.76. The molecule has 198 valence electrons. The molecule has 0 saturated carbocycles. The number of aryl methyl sites for hydroxylation is 1. The zero-order valence-electron chi connectivity index (χ0n) is 22.0. The van der Waals surface area contributed by atoms with Gasteiger partial charge in [-0.05, 0) is 60.7 Å². The number of hydrogen-bond acceptors (Lipinski definition) is 4. The Hall–Kier alpha value is -3.67. The van der Waals surface area contributed by atoms with E-state index in [1.54, 1.807) is 13.0 Å². The number of urea groups is 1. The number of carbonyl (C=O) groups is 3. The molecule has 1 aliphatic carbocycles. The largest absolute Gasteiger partial charge is 0.489 e. The third kappa shape index (κ3) is 6.19. The van der Waals surface area contributed by atoms with Crippen molar-refractivity contribution in [3.63, 3.8) is 0 Å². The number of ether oxygens (including phenoxy) is 1. The summed E-state index contributed by atoms with van der Waals surface area (Å²) in [6.45, 7) is 12.1. The van der Waals surface area contributed by atoms with Crippen LogP contribution in [-0.4, -0.2) is 23.3 Å². The molecule has 3 aromatic rings. The summed E-state index contributed by atoms with van der Waals surface area (Å²) in [7, 11) is 0. The van der Waals surface area contributed by atoms with Gasteiger partial charge in [0.1, 0.15) is 17.9 Å². The molecule has 0 bridgehead atoms. The Kier molecular flexibility index (Phi) is 10.0. The highest BCUT2D eigenvalue weighted by molar-refractivity contribution is 6.08. The molecule has 5 rings (SSSR count). The smallest absolute Gasteiger partial charge is 0.322 e. The van der Waals surface area contributed by atoms with Crippen molar-refractivity contribution in [1.29, 1.82) is 0 Å². The first-order valence-corrected chi connectivity index (χ1v) is 12.7. The predicted molar refractivity (Wildman–Crippen MR) is 150 cm³/mol. The van der Waals surface area contributed by atoms with Crippen molar-refractivity contribution in [2.75, 3.05) is 0 Å². The molecule has 3 aromatic carbocycles. The SMILES string of the molecule is C.CC.CC.Cc1cc(COc2ccc3c(c2)C(=O)C(CC2(C)NC(=O)NC2=O)C3)c2ccccc2c1. The summed E-state index contributed by atoms with van der Waals surface area (Å²) in [4.78, 5) is 36.7. The fourth-order valence-electron chi connectivity index (χ4n) is 4.85. The normalized spacial score (nSPS) is 19.4. The van der Waals surface area contributed by atoms with E-state index in [1.165, 1.54) is 10.9 Å². The lowest BCUT2D eigenvalue weighted by atomic mass is 9.87. The van der Waals surface area contributed by atoms with Gasteiger partial charge < -0.3 is 10.1 Å². The molecule has 1 heterocycles. The average molecular weight is 505 g/mol. The third-order valence-corrected chi connectivity index (χ3v) is 6.44. The van der Waals surface area contributed by atoms with Crippen LogP contribution >= 0.6 is 0 Å². The van der Waals surface area contributed by atoms with Gasteiger partial charge >= 0.3 is 6.03 Å². The van der Waals surface area contributed by atoms with Crippen LogP contribution in [0.15, 0.2) is 54.6 Å². The topological polar surface area (TPSA) is 84.5 Å². The van der Waals surface area contributed by atoms with Gasteiger partial charge in [-0.25, -0.2) is 4.79 Å². The highest BCUT2D eigenvalue weighted by atomic mass is 16.5. The van der Waals surface area contributed by atoms with Gasteiger partial charge in [0.2, 0.25) is 0 Å². The van der Waals surface area contributed by atoms with Crippen molar-refractivity contribution in [1.82, 2.24) is 10.6 Å². The molecule has 6 nitrogen and oxygen atoms in total. The van der Waals surface area contributed by atoms with Gasteiger partial charge in [0.25, 0.3) is 5.91 Å². The maximum Gasteiger partial charge on any atom is 0.322 e. The summed E-state index contributed by atoms with van der Waals surface area (Å²) in [6, 6.07) is 17.6. The monoisotopic (exact) mass is 504 g/mol. The van der Waals surface area contributed by atoms with E-state index < -0.39 is 11.6 Å². The van der Waals surface area contributed by atoms with Crippen LogP contribution < -0.4 is 15.4 Å². The molecule has 1 fully saturated rings. The van der Waals surface area contributed by atoms with Gasteiger partial charge in [0, 0.05) is 11.5 Å². The Labute approximate surface area is 220 Å².